The van der Waals surface area contributed by atoms with E-state index in [9.17, 15) is 4.79 Å². The van der Waals surface area contributed by atoms with Gasteiger partial charge in [0, 0.05) is 55.7 Å². The number of benzene rings is 1. The Hall–Kier alpha value is -2.67. The molecular formula is C24H35N3O4. The van der Waals surface area contributed by atoms with Crippen molar-refractivity contribution in [3.8, 4) is 17.2 Å². The zero-order valence-corrected chi connectivity index (χ0v) is 19.8. The number of amides is 1. The van der Waals surface area contributed by atoms with Gasteiger partial charge < -0.3 is 23.7 Å². The minimum Gasteiger partial charge on any atom is -0.493 e. The number of hydrogen-bond acceptors (Lipinski definition) is 5. The van der Waals surface area contributed by atoms with E-state index >= 15 is 0 Å². The van der Waals surface area contributed by atoms with Crippen LogP contribution in [0.1, 0.15) is 47.2 Å². The van der Waals surface area contributed by atoms with E-state index in [2.05, 4.69) is 30.2 Å². The quantitative estimate of drug-likeness (QED) is 0.672. The van der Waals surface area contributed by atoms with Crippen LogP contribution in [-0.2, 0) is 6.54 Å². The summed E-state index contributed by atoms with van der Waals surface area (Å²) < 4.78 is 18.7. The highest BCUT2D eigenvalue weighted by Crippen LogP contribution is 2.40. The number of carbonyl (C=O) groups is 1. The molecule has 1 aromatic heterocycles. The lowest BCUT2D eigenvalue weighted by molar-refractivity contribution is 0.0626. The first kappa shape index (κ1) is 23.0. The lowest BCUT2D eigenvalue weighted by atomic mass is 10.1. The van der Waals surface area contributed by atoms with Crippen LogP contribution in [0.15, 0.2) is 18.2 Å². The molecule has 0 bridgehead atoms. The molecular weight excluding hydrogens is 394 g/mol. The molecule has 3 rings (SSSR count). The Morgan fingerprint density at radius 1 is 0.968 bits per heavy atom. The van der Waals surface area contributed by atoms with Crippen LogP contribution < -0.4 is 14.2 Å². The summed E-state index contributed by atoms with van der Waals surface area (Å²) in [4.78, 5) is 17.5. The van der Waals surface area contributed by atoms with Crippen molar-refractivity contribution in [3.63, 3.8) is 0 Å². The van der Waals surface area contributed by atoms with Crippen molar-refractivity contribution >= 4 is 5.91 Å². The van der Waals surface area contributed by atoms with Crippen molar-refractivity contribution in [2.75, 3.05) is 47.5 Å². The minimum atomic E-state index is 0.128. The third-order valence-corrected chi connectivity index (χ3v) is 6.07. The summed E-state index contributed by atoms with van der Waals surface area (Å²) in [6.45, 7) is 12.2. The van der Waals surface area contributed by atoms with Crippen molar-refractivity contribution in [1.82, 2.24) is 14.4 Å². The van der Waals surface area contributed by atoms with Crippen LogP contribution in [0.25, 0.3) is 0 Å². The van der Waals surface area contributed by atoms with Crippen LogP contribution in [0.5, 0.6) is 17.2 Å². The summed E-state index contributed by atoms with van der Waals surface area (Å²) in [5, 5.41) is 0. The second-order valence-corrected chi connectivity index (χ2v) is 8.31. The fourth-order valence-electron chi connectivity index (χ4n) is 4.60. The highest BCUT2D eigenvalue weighted by atomic mass is 16.5. The van der Waals surface area contributed by atoms with E-state index in [-0.39, 0.29) is 5.91 Å². The summed E-state index contributed by atoms with van der Waals surface area (Å²) in [7, 11) is 4.88. The largest absolute Gasteiger partial charge is 0.493 e. The van der Waals surface area contributed by atoms with Gasteiger partial charge in [-0.2, -0.15) is 0 Å². The van der Waals surface area contributed by atoms with Crippen LogP contribution in [0.3, 0.4) is 0 Å². The van der Waals surface area contributed by atoms with E-state index in [0.717, 1.165) is 42.1 Å². The lowest BCUT2D eigenvalue weighted by Crippen LogP contribution is -2.48. The highest BCUT2D eigenvalue weighted by molar-refractivity contribution is 5.95. The average molecular weight is 430 g/mol. The molecule has 7 heteroatoms. The summed E-state index contributed by atoms with van der Waals surface area (Å²) in [6.07, 6.45) is 0. The molecule has 7 nitrogen and oxygen atoms in total. The molecule has 1 fully saturated rings. The predicted octanol–water partition coefficient (Wildman–Crippen LogP) is 3.67. The Kier molecular flexibility index (Phi) is 7.15. The van der Waals surface area contributed by atoms with Crippen LogP contribution in [-0.4, -0.2) is 67.8 Å². The van der Waals surface area contributed by atoms with Crippen molar-refractivity contribution in [3.05, 3.63) is 40.7 Å². The molecule has 0 aliphatic carbocycles. The van der Waals surface area contributed by atoms with Gasteiger partial charge in [-0.15, -0.1) is 0 Å². The molecule has 31 heavy (non-hydrogen) atoms. The molecule has 1 aliphatic rings. The van der Waals surface area contributed by atoms with Crippen LogP contribution in [0, 0.1) is 13.8 Å². The Morgan fingerprint density at radius 2 is 1.61 bits per heavy atom. The number of hydrogen-bond donors (Lipinski definition) is 0. The van der Waals surface area contributed by atoms with E-state index in [1.54, 1.807) is 21.3 Å². The number of carbonyl (C=O) groups excluding carboxylic acids is 1. The molecule has 1 aliphatic heterocycles. The van der Waals surface area contributed by atoms with Gasteiger partial charge in [-0.1, -0.05) is 6.07 Å². The SMILES string of the molecule is COc1ccc(CN2CCN(C(=O)c3cc(C)n(C(C)C)c3C)CC2)c(OC)c1OC. The molecule has 170 valence electrons. The zero-order chi connectivity index (χ0) is 22.7. The molecule has 1 saturated heterocycles. The lowest BCUT2D eigenvalue weighted by Gasteiger charge is -2.35. The summed E-state index contributed by atoms with van der Waals surface area (Å²) in [6, 6.07) is 6.28. The summed E-state index contributed by atoms with van der Waals surface area (Å²) in [5.41, 5.74) is 4.05. The molecule has 2 aromatic rings. The molecule has 0 spiro atoms. The summed E-state index contributed by atoms with van der Waals surface area (Å²) in [5.74, 6) is 2.08. The third kappa shape index (κ3) is 4.51. The maximum atomic E-state index is 13.2. The first-order chi connectivity index (χ1) is 14.8. The highest BCUT2D eigenvalue weighted by Gasteiger charge is 2.26. The second-order valence-electron chi connectivity index (χ2n) is 8.31. The van der Waals surface area contributed by atoms with E-state index in [1.165, 1.54) is 0 Å². The molecule has 0 saturated carbocycles. The van der Waals surface area contributed by atoms with Crippen molar-refractivity contribution in [2.45, 2.75) is 40.3 Å². The predicted molar refractivity (Wildman–Crippen MR) is 122 cm³/mol. The molecule has 1 amide bonds. The number of piperazine rings is 1. The molecule has 0 N–H and O–H groups in total. The number of aromatic nitrogens is 1. The Balaban J connectivity index is 1.68. The van der Waals surface area contributed by atoms with E-state index < -0.39 is 0 Å². The van der Waals surface area contributed by atoms with E-state index in [0.29, 0.717) is 36.4 Å². The Labute approximate surface area is 185 Å². The number of aryl methyl sites for hydroxylation is 1. The molecule has 2 heterocycles. The first-order valence-corrected chi connectivity index (χ1v) is 10.8. The Morgan fingerprint density at radius 3 is 2.13 bits per heavy atom. The van der Waals surface area contributed by atoms with Crippen LogP contribution in [0.4, 0.5) is 0 Å². The number of methoxy groups -OCH3 is 3. The van der Waals surface area contributed by atoms with Gasteiger partial charge in [0.15, 0.2) is 11.5 Å². The monoisotopic (exact) mass is 429 g/mol. The maximum Gasteiger partial charge on any atom is 0.255 e. The van der Waals surface area contributed by atoms with Crippen molar-refractivity contribution in [2.24, 2.45) is 0 Å². The molecule has 0 radical (unpaired) electrons. The van der Waals surface area contributed by atoms with Gasteiger partial charge in [-0.25, -0.2) is 0 Å². The number of rotatable bonds is 7. The van der Waals surface area contributed by atoms with E-state index in [1.807, 2.05) is 30.0 Å². The standard InChI is InChI=1S/C24H35N3O4/c1-16(2)27-17(3)14-20(18(27)4)24(28)26-12-10-25(11-13-26)15-19-8-9-21(29-5)23(31-7)22(19)30-6/h8-9,14,16H,10-13,15H2,1-7H3. The van der Waals surface area contributed by atoms with Gasteiger partial charge in [0.2, 0.25) is 5.75 Å². The topological polar surface area (TPSA) is 56.2 Å². The van der Waals surface area contributed by atoms with Gasteiger partial charge in [-0.05, 0) is 39.8 Å². The fourth-order valence-corrected chi connectivity index (χ4v) is 4.60. The van der Waals surface area contributed by atoms with Gasteiger partial charge in [0.05, 0.1) is 26.9 Å². The van der Waals surface area contributed by atoms with Crippen molar-refractivity contribution in [1.29, 1.82) is 0 Å². The third-order valence-electron chi connectivity index (χ3n) is 6.07. The van der Waals surface area contributed by atoms with Gasteiger partial charge >= 0.3 is 0 Å². The fraction of sp³-hybridized carbons (Fsp3) is 0.542. The molecule has 0 unspecified atom stereocenters. The normalized spacial score (nSPS) is 14.8. The number of nitrogens with zero attached hydrogens (tertiary/aromatic N) is 3. The molecule has 0 atom stereocenters. The average Bonchev–Trinajstić information content (AvgIpc) is 3.07. The smallest absolute Gasteiger partial charge is 0.255 e. The van der Waals surface area contributed by atoms with Gasteiger partial charge in [-0.3, -0.25) is 9.69 Å². The van der Waals surface area contributed by atoms with Gasteiger partial charge in [0.1, 0.15) is 0 Å². The van der Waals surface area contributed by atoms with Crippen molar-refractivity contribution < 1.29 is 19.0 Å². The Bertz CT molecular complexity index is 927. The number of ether oxygens (including phenoxy) is 3. The minimum absolute atomic E-state index is 0.128. The summed E-state index contributed by atoms with van der Waals surface area (Å²) >= 11 is 0. The zero-order valence-electron chi connectivity index (χ0n) is 19.8. The van der Waals surface area contributed by atoms with Gasteiger partial charge in [0.25, 0.3) is 5.91 Å². The van der Waals surface area contributed by atoms with Crippen LogP contribution >= 0.6 is 0 Å². The maximum absolute atomic E-state index is 13.2. The van der Waals surface area contributed by atoms with E-state index in [4.69, 9.17) is 14.2 Å². The first-order valence-electron chi connectivity index (χ1n) is 10.8. The van der Waals surface area contributed by atoms with Crippen LogP contribution in [0.2, 0.25) is 0 Å². The molecule has 1 aromatic carbocycles. The second kappa shape index (κ2) is 9.64.